The minimum atomic E-state index is 0.274. The van der Waals surface area contributed by atoms with Crippen LogP contribution in [-0.4, -0.2) is 10.2 Å². The first-order chi connectivity index (χ1) is 8.16. The zero-order valence-electron chi connectivity index (χ0n) is 9.88. The lowest BCUT2D eigenvalue weighted by atomic mass is 9.49. The number of nitrogen functional groups attached to an aromatic ring is 1. The lowest BCUT2D eigenvalue weighted by molar-refractivity contribution is -0.00716. The molecule has 0 aromatic carbocycles. The van der Waals surface area contributed by atoms with E-state index in [-0.39, 0.29) is 5.41 Å². The Bertz CT molecular complexity index is 430. The predicted molar refractivity (Wildman–Crippen MR) is 67.9 cm³/mol. The molecule has 17 heavy (non-hydrogen) atoms. The van der Waals surface area contributed by atoms with E-state index in [1.165, 1.54) is 38.5 Å². The Kier molecular flexibility index (Phi) is 1.92. The summed E-state index contributed by atoms with van der Waals surface area (Å²) in [6.07, 6.45) is 8.21. The van der Waals surface area contributed by atoms with E-state index in [2.05, 4.69) is 10.2 Å². The minimum absolute atomic E-state index is 0.274. The third kappa shape index (κ3) is 1.32. The molecule has 0 unspecified atom stereocenters. The van der Waals surface area contributed by atoms with Crippen LogP contribution < -0.4 is 5.73 Å². The second kappa shape index (κ2) is 3.19. The Morgan fingerprint density at radius 2 is 1.65 bits per heavy atom. The highest BCUT2D eigenvalue weighted by Crippen LogP contribution is 2.61. The number of aromatic nitrogens is 2. The van der Waals surface area contributed by atoms with Crippen LogP contribution in [0.4, 0.5) is 5.82 Å². The Morgan fingerprint density at radius 1 is 1.12 bits per heavy atom. The fraction of sp³-hybridized carbons (Fsp3) is 0.769. The summed E-state index contributed by atoms with van der Waals surface area (Å²) in [6, 6.07) is 0. The van der Waals surface area contributed by atoms with E-state index >= 15 is 0 Å². The maximum Gasteiger partial charge on any atom is 0.164 e. The number of anilines is 1. The van der Waals surface area contributed by atoms with Crippen LogP contribution in [0.15, 0.2) is 0 Å². The first-order valence-corrected chi connectivity index (χ1v) is 7.04. The van der Waals surface area contributed by atoms with Gasteiger partial charge in [-0.2, -0.15) is 5.10 Å². The van der Waals surface area contributed by atoms with E-state index < -0.39 is 0 Å². The number of H-pyrrole nitrogens is 1. The Hall–Kier alpha value is -0.700. The van der Waals surface area contributed by atoms with Crippen LogP contribution >= 0.6 is 11.6 Å². The van der Waals surface area contributed by atoms with Gasteiger partial charge in [-0.3, -0.25) is 5.10 Å². The molecule has 0 atom stereocenters. The lowest BCUT2D eigenvalue weighted by Crippen LogP contribution is -2.48. The van der Waals surface area contributed by atoms with Gasteiger partial charge in [0.15, 0.2) is 5.82 Å². The summed E-state index contributed by atoms with van der Waals surface area (Å²) in [4.78, 5) is 0. The summed E-state index contributed by atoms with van der Waals surface area (Å²) in [5.74, 6) is 3.22. The van der Waals surface area contributed by atoms with Crippen molar-refractivity contribution in [2.75, 3.05) is 5.73 Å². The van der Waals surface area contributed by atoms with Crippen molar-refractivity contribution in [1.29, 1.82) is 0 Å². The van der Waals surface area contributed by atoms with E-state index in [1.807, 2.05) is 0 Å². The third-order valence-electron chi connectivity index (χ3n) is 5.30. The molecule has 4 aliphatic rings. The first kappa shape index (κ1) is 10.2. The largest absolute Gasteiger partial charge is 0.381 e. The highest BCUT2D eigenvalue weighted by Gasteiger charge is 2.53. The zero-order valence-corrected chi connectivity index (χ0v) is 10.6. The zero-order chi connectivity index (χ0) is 11.6. The van der Waals surface area contributed by atoms with Gasteiger partial charge in [0.1, 0.15) is 5.02 Å². The Morgan fingerprint density at radius 3 is 2.06 bits per heavy atom. The topological polar surface area (TPSA) is 54.7 Å². The Labute approximate surface area is 106 Å². The third-order valence-corrected chi connectivity index (χ3v) is 5.68. The van der Waals surface area contributed by atoms with E-state index in [9.17, 15) is 0 Å². The molecule has 3 N–H and O–H groups in total. The van der Waals surface area contributed by atoms with Crippen LogP contribution in [-0.2, 0) is 5.41 Å². The summed E-state index contributed by atoms with van der Waals surface area (Å²) < 4.78 is 0. The molecule has 0 saturated heterocycles. The van der Waals surface area contributed by atoms with Crippen molar-refractivity contribution in [2.24, 2.45) is 17.8 Å². The smallest absolute Gasteiger partial charge is 0.164 e. The summed E-state index contributed by atoms with van der Waals surface area (Å²) in [5, 5.41) is 7.90. The fourth-order valence-corrected chi connectivity index (χ4v) is 5.40. The molecule has 4 heteroatoms. The molecule has 4 fully saturated rings. The van der Waals surface area contributed by atoms with Gasteiger partial charge in [-0.25, -0.2) is 0 Å². The second-order valence-corrected chi connectivity index (χ2v) is 6.87. The minimum Gasteiger partial charge on any atom is -0.381 e. The summed E-state index contributed by atoms with van der Waals surface area (Å²) in [6.45, 7) is 0. The fourth-order valence-electron chi connectivity index (χ4n) is 5.11. The summed E-state index contributed by atoms with van der Waals surface area (Å²) >= 11 is 6.33. The van der Waals surface area contributed by atoms with Gasteiger partial charge in [0, 0.05) is 5.41 Å². The quantitative estimate of drug-likeness (QED) is 0.806. The lowest BCUT2D eigenvalue weighted by Gasteiger charge is -2.56. The molecule has 4 aliphatic carbocycles. The van der Waals surface area contributed by atoms with Crippen LogP contribution in [0.1, 0.15) is 44.2 Å². The van der Waals surface area contributed by atoms with Crippen molar-refractivity contribution in [3.05, 3.63) is 10.7 Å². The van der Waals surface area contributed by atoms with Gasteiger partial charge in [-0.15, -0.1) is 0 Å². The van der Waals surface area contributed by atoms with Gasteiger partial charge >= 0.3 is 0 Å². The number of nitrogens with one attached hydrogen (secondary N) is 1. The molecule has 0 aliphatic heterocycles. The number of hydrogen-bond donors (Lipinski definition) is 2. The normalized spacial score (nSPS) is 43.2. The summed E-state index contributed by atoms with van der Waals surface area (Å²) in [7, 11) is 0. The molecule has 5 rings (SSSR count). The van der Waals surface area contributed by atoms with Crippen molar-refractivity contribution in [2.45, 2.75) is 43.9 Å². The van der Waals surface area contributed by atoms with Crippen LogP contribution in [0.25, 0.3) is 0 Å². The second-order valence-electron chi connectivity index (χ2n) is 6.50. The van der Waals surface area contributed by atoms with Gasteiger partial charge in [0.2, 0.25) is 0 Å². The van der Waals surface area contributed by atoms with Crippen molar-refractivity contribution < 1.29 is 0 Å². The summed E-state index contributed by atoms with van der Waals surface area (Å²) in [5.41, 5.74) is 7.19. The van der Waals surface area contributed by atoms with Gasteiger partial charge in [-0.1, -0.05) is 11.6 Å². The van der Waals surface area contributed by atoms with E-state index in [4.69, 9.17) is 17.3 Å². The maximum atomic E-state index is 6.33. The number of nitrogens with zero attached hydrogens (tertiary/aromatic N) is 1. The number of halogens is 1. The van der Waals surface area contributed by atoms with Gasteiger partial charge in [0.25, 0.3) is 0 Å². The number of aromatic amines is 1. The van der Waals surface area contributed by atoms with E-state index in [0.717, 1.165) is 23.4 Å². The van der Waals surface area contributed by atoms with Gasteiger partial charge in [-0.05, 0) is 56.3 Å². The molecule has 1 aromatic heterocycles. The molecule has 92 valence electrons. The molecular weight excluding hydrogens is 234 g/mol. The highest BCUT2D eigenvalue weighted by molar-refractivity contribution is 6.33. The average Bonchev–Trinajstić information content (AvgIpc) is 2.58. The first-order valence-electron chi connectivity index (χ1n) is 6.66. The number of rotatable bonds is 1. The maximum absolute atomic E-state index is 6.33. The average molecular weight is 252 g/mol. The SMILES string of the molecule is Nc1n[nH]c(C23CC4CC(CC(C4)C2)C3)c1Cl. The van der Waals surface area contributed by atoms with Crippen LogP contribution in [0.3, 0.4) is 0 Å². The number of nitrogens with two attached hydrogens (primary N) is 1. The molecule has 4 bridgehead atoms. The van der Waals surface area contributed by atoms with E-state index in [0.29, 0.717) is 10.8 Å². The predicted octanol–water partition coefficient (Wildman–Crippen LogP) is 3.11. The van der Waals surface area contributed by atoms with Crippen molar-refractivity contribution >= 4 is 17.4 Å². The molecular formula is C13H18ClN3. The molecule has 0 amide bonds. The van der Waals surface area contributed by atoms with Crippen LogP contribution in [0.2, 0.25) is 5.02 Å². The molecule has 0 radical (unpaired) electrons. The van der Waals surface area contributed by atoms with Crippen LogP contribution in [0, 0.1) is 17.8 Å². The van der Waals surface area contributed by atoms with Crippen LogP contribution in [0.5, 0.6) is 0 Å². The monoisotopic (exact) mass is 251 g/mol. The molecule has 3 nitrogen and oxygen atoms in total. The highest BCUT2D eigenvalue weighted by atomic mass is 35.5. The van der Waals surface area contributed by atoms with E-state index in [1.54, 1.807) is 0 Å². The molecule has 1 heterocycles. The van der Waals surface area contributed by atoms with Crippen molar-refractivity contribution in [3.63, 3.8) is 0 Å². The van der Waals surface area contributed by atoms with Crippen molar-refractivity contribution in [3.8, 4) is 0 Å². The number of hydrogen-bond acceptors (Lipinski definition) is 2. The van der Waals surface area contributed by atoms with Gasteiger partial charge in [0.05, 0.1) is 5.69 Å². The Balaban J connectivity index is 1.80. The van der Waals surface area contributed by atoms with Crippen molar-refractivity contribution in [1.82, 2.24) is 10.2 Å². The molecule has 1 aromatic rings. The molecule has 4 saturated carbocycles. The standard InChI is InChI=1S/C13H18ClN3/c14-10-11(16-17-12(10)15)13-4-7-1-8(5-13)3-9(2-7)6-13/h7-9H,1-6H2,(H3,15,16,17). The molecule has 0 spiro atoms. The van der Waals surface area contributed by atoms with Gasteiger partial charge < -0.3 is 5.73 Å².